The first-order chi connectivity index (χ1) is 12.1. The van der Waals surface area contributed by atoms with Crippen LogP contribution in [0.3, 0.4) is 0 Å². The van der Waals surface area contributed by atoms with Crippen LogP contribution >= 0.6 is 11.6 Å². The van der Waals surface area contributed by atoms with Gasteiger partial charge in [-0.1, -0.05) is 50.6 Å². The van der Waals surface area contributed by atoms with Crippen LogP contribution in [0.25, 0.3) is 0 Å². The molecule has 6 heteroatoms. The Labute approximate surface area is 155 Å². The minimum atomic E-state index is -0.00127. The molecule has 2 rings (SSSR count). The normalized spacial score (nSPS) is 14.3. The van der Waals surface area contributed by atoms with E-state index in [4.69, 9.17) is 11.6 Å². The van der Waals surface area contributed by atoms with E-state index in [1.807, 2.05) is 17.0 Å². The van der Waals surface area contributed by atoms with Crippen molar-refractivity contribution < 1.29 is 9.59 Å². The quantitative estimate of drug-likeness (QED) is 0.651. The molecule has 1 saturated heterocycles. The van der Waals surface area contributed by atoms with Crippen molar-refractivity contribution in [2.75, 3.05) is 29.9 Å². The van der Waals surface area contributed by atoms with Crippen molar-refractivity contribution in [1.29, 1.82) is 0 Å². The predicted octanol–water partition coefficient (Wildman–Crippen LogP) is 3.97. The first-order valence-electron chi connectivity index (χ1n) is 9.21. The molecule has 1 fully saturated rings. The van der Waals surface area contributed by atoms with E-state index in [1.165, 1.54) is 25.7 Å². The maximum atomic E-state index is 12.0. The predicted molar refractivity (Wildman–Crippen MR) is 103 cm³/mol. The lowest BCUT2D eigenvalue weighted by atomic mass is 10.1. The molecule has 0 radical (unpaired) electrons. The number of anilines is 2. The van der Waals surface area contributed by atoms with E-state index in [0.717, 1.165) is 25.1 Å². The molecule has 0 atom stereocenters. The maximum Gasteiger partial charge on any atom is 0.239 e. The fourth-order valence-electron chi connectivity index (χ4n) is 2.97. The van der Waals surface area contributed by atoms with Crippen LogP contribution in [0.15, 0.2) is 18.2 Å². The SMILES string of the molecule is CCCCCCCCC(=O)Nc1ccc(N2CCNC(=O)C2)c(Cl)c1. The first kappa shape index (κ1) is 19.6. The molecule has 1 aliphatic rings. The Morgan fingerprint density at radius 3 is 2.72 bits per heavy atom. The second kappa shape index (κ2) is 10.3. The van der Waals surface area contributed by atoms with Gasteiger partial charge in [-0.05, 0) is 24.6 Å². The van der Waals surface area contributed by atoms with Crippen molar-refractivity contribution in [2.24, 2.45) is 0 Å². The lowest BCUT2D eigenvalue weighted by Gasteiger charge is -2.29. The Hall–Kier alpha value is -1.75. The average Bonchev–Trinajstić information content (AvgIpc) is 2.58. The molecule has 0 unspecified atom stereocenters. The van der Waals surface area contributed by atoms with Gasteiger partial charge in [0.05, 0.1) is 17.3 Å². The molecular weight excluding hydrogens is 338 g/mol. The largest absolute Gasteiger partial charge is 0.359 e. The summed E-state index contributed by atoms with van der Waals surface area (Å²) in [5.74, 6) is 0.0234. The van der Waals surface area contributed by atoms with Crippen LogP contribution in [0.5, 0.6) is 0 Å². The molecule has 138 valence electrons. The number of hydrogen-bond donors (Lipinski definition) is 2. The molecule has 0 aromatic heterocycles. The minimum absolute atomic E-state index is 0.00127. The zero-order chi connectivity index (χ0) is 18.1. The Bertz CT molecular complexity index is 592. The Morgan fingerprint density at radius 2 is 2.00 bits per heavy atom. The number of amides is 2. The number of halogens is 1. The molecule has 1 aliphatic heterocycles. The van der Waals surface area contributed by atoms with Crippen molar-refractivity contribution in [3.05, 3.63) is 23.2 Å². The molecule has 0 spiro atoms. The van der Waals surface area contributed by atoms with Crippen LogP contribution < -0.4 is 15.5 Å². The highest BCUT2D eigenvalue weighted by molar-refractivity contribution is 6.33. The topological polar surface area (TPSA) is 61.4 Å². The molecule has 0 bridgehead atoms. The summed E-state index contributed by atoms with van der Waals surface area (Å²) in [6.45, 7) is 3.86. The van der Waals surface area contributed by atoms with Crippen molar-refractivity contribution >= 4 is 34.8 Å². The number of nitrogens with zero attached hydrogens (tertiary/aromatic N) is 1. The van der Waals surface area contributed by atoms with E-state index < -0.39 is 0 Å². The summed E-state index contributed by atoms with van der Waals surface area (Å²) in [5.41, 5.74) is 1.52. The fourth-order valence-corrected chi connectivity index (χ4v) is 3.27. The van der Waals surface area contributed by atoms with Crippen molar-refractivity contribution in [1.82, 2.24) is 5.32 Å². The van der Waals surface area contributed by atoms with Crippen molar-refractivity contribution in [3.8, 4) is 0 Å². The molecule has 1 heterocycles. The minimum Gasteiger partial charge on any atom is -0.359 e. The van der Waals surface area contributed by atoms with Crippen LogP contribution in [0.1, 0.15) is 51.9 Å². The van der Waals surface area contributed by atoms with Crippen molar-refractivity contribution in [2.45, 2.75) is 51.9 Å². The highest BCUT2D eigenvalue weighted by Crippen LogP contribution is 2.29. The van der Waals surface area contributed by atoms with Crippen molar-refractivity contribution in [3.63, 3.8) is 0 Å². The van der Waals surface area contributed by atoms with Crippen LogP contribution in [0, 0.1) is 0 Å². The third kappa shape index (κ3) is 6.58. The van der Waals surface area contributed by atoms with Crippen LogP contribution in [0.4, 0.5) is 11.4 Å². The number of unbranched alkanes of at least 4 members (excludes halogenated alkanes) is 5. The number of nitrogens with one attached hydrogen (secondary N) is 2. The molecule has 5 nitrogen and oxygen atoms in total. The molecule has 0 saturated carbocycles. The fraction of sp³-hybridized carbons (Fsp3) is 0.579. The van der Waals surface area contributed by atoms with E-state index in [1.54, 1.807) is 6.07 Å². The summed E-state index contributed by atoms with van der Waals surface area (Å²) in [5, 5.41) is 6.24. The van der Waals surface area contributed by atoms with Crippen LogP contribution in [0.2, 0.25) is 5.02 Å². The number of benzene rings is 1. The van der Waals surface area contributed by atoms with Gasteiger partial charge in [-0.25, -0.2) is 0 Å². The highest BCUT2D eigenvalue weighted by Gasteiger charge is 2.18. The van der Waals surface area contributed by atoms with Gasteiger partial charge in [0, 0.05) is 25.2 Å². The highest BCUT2D eigenvalue weighted by atomic mass is 35.5. The van der Waals surface area contributed by atoms with Gasteiger partial charge in [0.2, 0.25) is 11.8 Å². The van der Waals surface area contributed by atoms with E-state index in [0.29, 0.717) is 30.2 Å². The maximum absolute atomic E-state index is 12.0. The second-order valence-corrected chi connectivity index (χ2v) is 6.91. The summed E-state index contributed by atoms with van der Waals surface area (Å²) in [6.07, 6.45) is 7.52. The van der Waals surface area contributed by atoms with Gasteiger partial charge in [-0.3, -0.25) is 9.59 Å². The Kier molecular flexibility index (Phi) is 8.06. The average molecular weight is 366 g/mol. The summed E-state index contributed by atoms with van der Waals surface area (Å²) in [4.78, 5) is 25.5. The number of hydrogen-bond acceptors (Lipinski definition) is 3. The van der Waals surface area contributed by atoms with Gasteiger partial charge < -0.3 is 15.5 Å². The Morgan fingerprint density at radius 1 is 1.24 bits per heavy atom. The van der Waals surface area contributed by atoms with E-state index in [9.17, 15) is 9.59 Å². The molecule has 25 heavy (non-hydrogen) atoms. The molecule has 2 N–H and O–H groups in total. The molecule has 1 aromatic rings. The lowest BCUT2D eigenvalue weighted by Crippen LogP contribution is -2.47. The number of carbonyl (C=O) groups is 2. The Balaban J connectivity index is 1.79. The molecule has 1 aromatic carbocycles. The van der Waals surface area contributed by atoms with Gasteiger partial charge in [0.1, 0.15) is 0 Å². The van der Waals surface area contributed by atoms with Gasteiger partial charge in [-0.2, -0.15) is 0 Å². The van der Waals surface area contributed by atoms with E-state index >= 15 is 0 Å². The monoisotopic (exact) mass is 365 g/mol. The number of carbonyl (C=O) groups excluding carboxylic acids is 2. The number of piperazine rings is 1. The second-order valence-electron chi connectivity index (χ2n) is 6.50. The van der Waals surface area contributed by atoms with E-state index in [-0.39, 0.29) is 11.8 Å². The van der Waals surface area contributed by atoms with Crippen LogP contribution in [-0.2, 0) is 9.59 Å². The lowest BCUT2D eigenvalue weighted by molar-refractivity contribution is -0.120. The zero-order valence-corrected chi connectivity index (χ0v) is 15.7. The van der Waals surface area contributed by atoms with Gasteiger partial charge in [-0.15, -0.1) is 0 Å². The third-order valence-electron chi connectivity index (χ3n) is 4.37. The zero-order valence-electron chi connectivity index (χ0n) is 14.9. The summed E-state index contributed by atoms with van der Waals surface area (Å²) in [7, 11) is 0. The third-order valence-corrected chi connectivity index (χ3v) is 4.67. The van der Waals surface area contributed by atoms with Crippen LogP contribution in [-0.4, -0.2) is 31.4 Å². The van der Waals surface area contributed by atoms with Gasteiger partial charge in [0.25, 0.3) is 0 Å². The van der Waals surface area contributed by atoms with Gasteiger partial charge in [0.15, 0.2) is 0 Å². The molecule has 2 amide bonds. The summed E-state index contributed by atoms with van der Waals surface area (Å²) < 4.78 is 0. The molecule has 0 aliphatic carbocycles. The first-order valence-corrected chi connectivity index (χ1v) is 9.59. The molecular formula is C19H28ClN3O2. The summed E-state index contributed by atoms with van der Waals surface area (Å²) in [6, 6.07) is 5.46. The summed E-state index contributed by atoms with van der Waals surface area (Å²) >= 11 is 6.34. The van der Waals surface area contributed by atoms with E-state index in [2.05, 4.69) is 17.6 Å². The number of rotatable bonds is 9. The smallest absolute Gasteiger partial charge is 0.239 e. The standard InChI is InChI=1S/C19H28ClN3O2/c1-2-3-4-5-6-7-8-18(24)22-15-9-10-17(16(20)13-15)23-12-11-21-19(25)14-23/h9-10,13H,2-8,11-12,14H2,1H3,(H,21,25)(H,22,24). The van der Waals surface area contributed by atoms with Gasteiger partial charge >= 0.3 is 0 Å².